The SMILES string of the molecule is CC(Oc1ccc(C(=O)Nc2cccc(Cl)c2)cc1)C(=O)Nc1ccc(Br)cc1. The van der Waals surface area contributed by atoms with Gasteiger partial charge in [0.1, 0.15) is 5.75 Å². The summed E-state index contributed by atoms with van der Waals surface area (Å²) in [7, 11) is 0. The molecule has 0 aliphatic carbocycles. The van der Waals surface area contributed by atoms with Crippen molar-refractivity contribution < 1.29 is 14.3 Å². The van der Waals surface area contributed by atoms with Crippen LogP contribution in [0.25, 0.3) is 0 Å². The van der Waals surface area contributed by atoms with Crippen LogP contribution in [0, 0.1) is 0 Å². The van der Waals surface area contributed by atoms with E-state index < -0.39 is 6.10 Å². The summed E-state index contributed by atoms with van der Waals surface area (Å²) in [6.45, 7) is 1.66. The normalized spacial score (nSPS) is 11.4. The molecule has 2 N–H and O–H groups in total. The summed E-state index contributed by atoms with van der Waals surface area (Å²) in [6.07, 6.45) is -0.704. The molecule has 3 aromatic carbocycles. The minimum atomic E-state index is -0.704. The van der Waals surface area contributed by atoms with E-state index in [1.54, 1.807) is 67.6 Å². The summed E-state index contributed by atoms with van der Waals surface area (Å²) in [5, 5.41) is 6.11. The Kier molecular flexibility index (Phi) is 6.90. The van der Waals surface area contributed by atoms with Crippen molar-refractivity contribution in [3.63, 3.8) is 0 Å². The predicted octanol–water partition coefficient (Wildman–Crippen LogP) is 5.76. The smallest absolute Gasteiger partial charge is 0.265 e. The molecular weight excluding hydrogens is 456 g/mol. The number of ether oxygens (including phenoxy) is 1. The minimum Gasteiger partial charge on any atom is -0.481 e. The zero-order valence-electron chi connectivity index (χ0n) is 15.5. The molecular formula is C22H18BrClN2O3. The summed E-state index contributed by atoms with van der Waals surface area (Å²) in [5.74, 6) is -0.0438. The number of halogens is 2. The lowest BCUT2D eigenvalue weighted by atomic mass is 10.2. The van der Waals surface area contributed by atoms with Gasteiger partial charge in [-0.15, -0.1) is 0 Å². The van der Waals surface area contributed by atoms with Crippen LogP contribution >= 0.6 is 27.5 Å². The molecule has 1 unspecified atom stereocenters. The van der Waals surface area contributed by atoms with Gasteiger partial charge in [0.05, 0.1) is 0 Å². The second-order valence-corrected chi connectivity index (χ2v) is 7.60. The quantitative estimate of drug-likeness (QED) is 0.478. The molecule has 3 rings (SSSR count). The van der Waals surface area contributed by atoms with E-state index in [1.807, 2.05) is 12.1 Å². The summed E-state index contributed by atoms with van der Waals surface area (Å²) in [6, 6.07) is 20.8. The van der Waals surface area contributed by atoms with Gasteiger partial charge >= 0.3 is 0 Å². The first kappa shape index (κ1) is 20.9. The molecule has 0 heterocycles. The standard InChI is InChI=1S/C22H18BrClN2O3/c1-14(21(27)25-18-9-7-16(23)8-10-18)29-20-11-5-15(6-12-20)22(28)26-19-4-2-3-17(24)13-19/h2-14H,1H3,(H,25,27)(H,26,28). The molecule has 0 radical (unpaired) electrons. The van der Waals surface area contributed by atoms with Crippen molar-refractivity contribution in [2.45, 2.75) is 13.0 Å². The molecule has 29 heavy (non-hydrogen) atoms. The van der Waals surface area contributed by atoms with Crippen LogP contribution < -0.4 is 15.4 Å². The van der Waals surface area contributed by atoms with E-state index in [1.165, 1.54) is 0 Å². The van der Waals surface area contributed by atoms with E-state index >= 15 is 0 Å². The molecule has 0 aromatic heterocycles. The van der Waals surface area contributed by atoms with Crippen molar-refractivity contribution >= 4 is 50.7 Å². The molecule has 0 saturated carbocycles. The Bertz CT molecular complexity index is 1010. The zero-order valence-corrected chi connectivity index (χ0v) is 17.8. The van der Waals surface area contributed by atoms with Gasteiger partial charge in [0.15, 0.2) is 6.10 Å². The number of amides is 2. The van der Waals surface area contributed by atoms with Crippen LogP contribution in [0.5, 0.6) is 5.75 Å². The van der Waals surface area contributed by atoms with E-state index in [0.29, 0.717) is 27.7 Å². The monoisotopic (exact) mass is 472 g/mol. The average molecular weight is 474 g/mol. The van der Waals surface area contributed by atoms with Gasteiger partial charge in [-0.1, -0.05) is 33.6 Å². The minimum absolute atomic E-state index is 0.264. The summed E-state index contributed by atoms with van der Waals surface area (Å²) < 4.78 is 6.60. The molecule has 1 atom stereocenters. The molecule has 7 heteroatoms. The molecule has 3 aromatic rings. The van der Waals surface area contributed by atoms with Crippen LogP contribution in [0.15, 0.2) is 77.3 Å². The van der Waals surface area contributed by atoms with Gasteiger partial charge in [0.2, 0.25) is 0 Å². The number of carbonyl (C=O) groups excluding carboxylic acids is 2. The number of nitrogens with one attached hydrogen (secondary N) is 2. The fraction of sp³-hybridized carbons (Fsp3) is 0.0909. The van der Waals surface area contributed by atoms with Gasteiger partial charge < -0.3 is 15.4 Å². The fourth-order valence-electron chi connectivity index (χ4n) is 2.49. The van der Waals surface area contributed by atoms with Crippen LogP contribution in [0.4, 0.5) is 11.4 Å². The highest BCUT2D eigenvalue weighted by molar-refractivity contribution is 9.10. The lowest BCUT2D eigenvalue weighted by Gasteiger charge is -2.15. The highest BCUT2D eigenvalue weighted by atomic mass is 79.9. The Labute approximate surface area is 182 Å². The van der Waals surface area contributed by atoms with Gasteiger partial charge in [-0.3, -0.25) is 9.59 Å². The van der Waals surface area contributed by atoms with Crippen molar-refractivity contribution in [2.75, 3.05) is 10.6 Å². The number of hydrogen-bond acceptors (Lipinski definition) is 3. The van der Waals surface area contributed by atoms with Crippen molar-refractivity contribution in [1.82, 2.24) is 0 Å². The first-order chi connectivity index (χ1) is 13.9. The largest absolute Gasteiger partial charge is 0.481 e. The number of rotatable bonds is 6. The molecule has 0 spiro atoms. The lowest BCUT2D eigenvalue weighted by Crippen LogP contribution is -2.30. The van der Waals surface area contributed by atoms with Crippen molar-refractivity contribution in [1.29, 1.82) is 0 Å². The number of benzene rings is 3. The van der Waals surface area contributed by atoms with E-state index in [2.05, 4.69) is 26.6 Å². The molecule has 0 saturated heterocycles. The number of anilines is 2. The first-order valence-corrected chi connectivity index (χ1v) is 9.98. The maximum absolute atomic E-state index is 12.3. The Balaban J connectivity index is 1.57. The van der Waals surface area contributed by atoms with E-state index in [-0.39, 0.29) is 11.8 Å². The summed E-state index contributed by atoms with van der Waals surface area (Å²) in [5.41, 5.74) is 1.76. The van der Waals surface area contributed by atoms with Crippen molar-refractivity contribution in [3.05, 3.63) is 87.9 Å². The highest BCUT2D eigenvalue weighted by Gasteiger charge is 2.15. The maximum Gasteiger partial charge on any atom is 0.265 e. The van der Waals surface area contributed by atoms with Crippen LogP contribution in [-0.4, -0.2) is 17.9 Å². The summed E-state index contributed by atoms with van der Waals surface area (Å²) in [4.78, 5) is 24.6. The van der Waals surface area contributed by atoms with Gasteiger partial charge in [0, 0.05) is 26.4 Å². The molecule has 148 valence electrons. The van der Waals surface area contributed by atoms with Crippen LogP contribution in [0.3, 0.4) is 0 Å². The first-order valence-electron chi connectivity index (χ1n) is 8.81. The summed E-state index contributed by atoms with van der Waals surface area (Å²) >= 11 is 9.27. The van der Waals surface area contributed by atoms with Gasteiger partial charge in [-0.05, 0) is 73.7 Å². The molecule has 0 aliphatic heterocycles. The Morgan fingerprint density at radius 1 is 0.931 bits per heavy atom. The van der Waals surface area contributed by atoms with Gasteiger partial charge in [-0.25, -0.2) is 0 Å². The predicted molar refractivity (Wildman–Crippen MR) is 119 cm³/mol. The van der Waals surface area contributed by atoms with E-state index in [9.17, 15) is 9.59 Å². The number of hydrogen-bond donors (Lipinski definition) is 2. The highest BCUT2D eigenvalue weighted by Crippen LogP contribution is 2.19. The Hall–Kier alpha value is -2.83. The third-order valence-corrected chi connectivity index (χ3v) is 4.76. The van der Waals surface area contributed by atoms with Gasteiger partial charge in [-0.2, -0.15) is 0 Å². The topological polar surface area (TPSA) is 67.4 Å². The van der Waals surface area contributed by atoms with Crippen LogP contribution in [0.1, 0.15) is 17.3 Å². The van der Waals surface area contributed by atoms with Crippen LogP contribution in [0.2, 0.25) is 5.02 Å². The maximum atomic E-state index is 12.3. The molecule has 0 bridgehead atoms. The third-order valence-electron chi connectivity index (χ3n) is 3.99. The van der Waals surface area contributed by atoms with E-state index in [0.717, 1.165) is 4.47 Å². The lowest BCUT2D eigenvalue weighted by molar-refractivity contribution is -0.122. The second kappa shape index (κ2) is 9.58. The average Bonchev–Trinajstić information content (AvgIpc) is 2.70. The molecule has 2 amide bonds. The van der Waals surface area contributed by atoms with E-state index in [4.69, 9.17) is 16.3 Å². The van der Waals surface area contributed by atoms with Crippen LogP contribution in [-0.2, 0) is 4.79 Å². The molecule has 0 aliphatic rings. The molecule has 0 fully saturated rings. The third kappa shape index (κ3) is 6.07. The molecule has 5 nitrogen and oxygen atoms in total. The fourth-order valence-corrected chi connectivity index (χ4v) is 2.94. The second-order valence-electron chi connectivity index (χ2n) is 6.25. The Morgan fingerprint density at radius 2 is 1.62 bits per heavy atom. The Morgan fingerprint density at radius 3 is 2.28 bits per heavy atom. The zero-order chi connectivity index (χ0) is 20.8. The van der Waals surface area contributed by atoms with Crippen molar-refractivity contribution in [3.8, 4) is 5.75 Å². The van der Waals surface area contributed by atoms with Gasteiger partial charge in [0.25, 0.3) is 11.8 Å². The van der Waals surface area contributed by atoms with Crippen molar-refractivity contribution in [2.24, 2.45) is 0 Å². The number of carbonyl (C=O) groups is 2.